The number of aromatic nitrogens is 3. The fourth-order valence-electron chi connectivity index (χ4n) is 15.2. The van der Waals surface area contributed by atoms with Gasteiger partial charge in [0, 0.05) is 53.1 Å². The fourth-order valence-corrected chi connectivity index (χ4v) is 15.2. The largest absolute Gasteiger partial charge is 0.212 e. The third kappa shape index (κ3) is 12.6. The molecule has 3 heterocycles. The predicted octanol–water partition coefficient (Wildman–Crippen LogP) is 24.1. The van der Waals surface area contributed by atoms with Gasteiger partial charge in [-0.15, -0.1) is 0 Å². The van der Waals surface area contributed by atoms with Gasteiger partial charge < -0.3 is 0 Å². The first-order valence-electron chi connectivity index (χ1n) is 35.3. The molecular weight excluding hydrogens is 1230 g/mol. The van der Waals surface area contributed by atoms with Crippen molar-refractivity contribution in [1.82, 2.24) is 0 Å². The Kier molecular flexibility index (Phi) is 17.5. The van der Waals surface area contributed by atoms with Gasteiger partial charge >= 0.3 is 0 Å². The van der Waals surface area contributed by atoms with Crippen molar-refractivity contribution in [3.05, 3.63) is 381 Å². The molecule has 3 aromatic heterocycles. The van der Waals surface area contributed by atoms with Crippen LogP contribution in [-0.4, -0.2) is 0 Å². The van der Waals surface area contributed by atoms with Gasteiger partial charge in [-0.1, -0.05) is 218 Å². The van der Waals surface area contributed by atoms with Gasteiger partial charge in [0.1, 0.15) is 21.1 Å². The third-order valence-electron chi connectivity index (χ3n) is 20.4. The van der Waals surface area contributed by atoms with E-state index in [9.17, 15) is 0 Å². The molecule has 0 bridgehead atoms. The standard InChI is InChI=1S/C99H78N3/c1-67-55-94(91(64-88(67)97-49-22-25-52-100(97)4)76-40-28-37-73(58-76)70-31-10-7-11-32-70)85-46-19-16-43-82(85)79-61-80(83-44-17-20-47-86(83)95-56-68(2)89(98-50-23-26-53-101(98)5)65-92(95)77-41-29-38-74(59-77)71-33-12-8-13-34-71)63-81(62-79)84-45-18-21-48-87(84)96-57-69(3)90(99-51-24-27-54-102(99)6)66-93(96)78-42-30-39-75(60-78)72-35-14-9-15-36-72/h7-66H,1-6H3/q+3. The van der Waals surface area contributed by atoms with E-state index >= 15 is 0 Å². The van der Waals surface area contributed by atoms with Crippen LogP contribution in [0.1, 0.15) is 16.7 Å². The summed E-state index contributed by atoms with van der Waals surface area (Å²) in [6, 6.07) is 128. The first kappa shape index (κ1) is 64.0. The zero-order valence-electron chi connectivity index (χ0n) is 58.5. The second-order valence-corrected chi connectivity index (χ2v) is 27.0. The lowest BCUT2D eigenvalue weighted by atomic mass is 9.82. The molecule has 0 aliphatic heterocycles. The average molecular weight is 1310 g/mol. The molecule has 3 nitrogen and oxygen atoms in total. The summed E-state index contributed by atoms with van der Waals surface area (Å²) >= 11 is 0. The Bertz CT molecular complexity index is 5240. The van der Waals surface area contributed by atoms with Gasteiger partial charge in [0.2, 0.25) is 17.1 Å². The lowest BCUT2D eigenvalue weighted by Gasteiger charge is -2.22. The van der Waals surface area contributed by atoms with Crippen molar-refractivity contribution in [3.8, 4) is 167 Å². The number of nitrogens with zero attached hydrogens (tertiary/aromatic N) is 3. The van der Waals surface area contributed by atoms with Crippen LogP contribution in [0.4, 0.5) is 0 Å². The molecule has 3 heteroatoms. The van der Waals surface area contributed by atoms with E-state index in [4.69, 9.17) is 0 Å². The van der Waals surface area contributed by atoms with Crippen molar-refractivity contribution >= 4 is 0 Å². The molecule has 0 saturated heterocycles. The van der Waals surface area contributed by atoms with Crippen LogP contribution in [0.25, 0.3) is 167 Å². The molecule has 16 rings (SSSR count). The number of pyridine rings is 3. The molecule has 0 amide bonds. The van der Waals surface area contributed by atoms with Crippen LogP contribution < -0.4 is 13.7 Å². The Labute approximate surface area is 600 Å². The van der Waals surface area contributed by atoms with Crippen LogP contribution in [-0.2, 0) is 21.1 Å². The van der Waals surface area contributed by atoms with Gasteiger partial charge in [0.25, 0.3) is 0 Å². The molecule has 0 saturated carbocycles. The number of hydrogen-bond acceptors (Lipinski definition) is 0. The third-order valence-corrected chi connectivity index (χ3v) is 20.4. The predicted molar refractivity (Wildman–Crippen MR) is 426 cm³/mol. The highest BCUT2D eigenvalue weighted by Crippen LogP contribution is 2.49. The molecule has 486 valence electrons. The Hall–Kier alpha value is -12.7. The monoisotopic (exact) mass is 1310 g/mol. The molecule has 0 N–H and O–H groups in total. The second kappa shape index (κ2) is 27.9. The van der Waals surface area contributed by atoms with Crippen molar-refractivity contribution < 1.29 is 13.7 Å². The molecule has 0 unspecified atom stereocenters. The zero-order chi connectivity index (χ0) is 69.2. The number of hydrogen-bond donors (Lipinski definition) is 0. The fraction of sp³-hybridized carbons (Fsp3) is 0.0606. The van der Waals surface area contributed by atoms with Crippen molar-refractivity contribution in [2.45, 2.75) is 20.8 Å². The molecule has 0 aliphatic carbocycles. The Morgan fingerprint density at radius 1 is 0.147 bits per heavy atom. The van der Waals surface area contributed by atoms with E-state index in [0.717, 1.165) is 117 Å². The van der Waals surface area contributed by atoms with Gasteiger partial charge in [-0.25, -0.2) is 13.7 Å². The molecule has 0 fully saturated rings. The zero-order valence-corrected chi connectivity index (χ0v) is 58.5. The van der Waals surface area contributed by atoms with E-state index in [1.807, 2.05) is 0 Å². The minimum atomic E-state index is 1.11. The van der Waals surface area contributed by atoms with E-state index in [2.05, 4.69) is 420 Å². The molecule has 0 aliphatic rings. The quantitative estimate of drug-likeness (QED) is 0.0907. The Morgan fingerprint density at radius 3 is 0.647 bits per heavy atom. The van der Waals surface area contributed by atoms with E-state index < -0.39 is 0 Å². The smallest absolute Gasteiger partial charge is 0.201 e. The highest BCUT2D eigenvalue weighted by molar-refractivity contribution is 6.01. The van der Waals surface area contributed by atoms with Crippen LogP contribution in [0.15, 0.2) is 364 Å². The van der Waals surface area contributed by atoms with Crippen molar-refractivity contribution in [2.24, 2.45) is 21.1 Å². The number of benzene rings is 13. The van der Waals surface area contributed by atoms with E-state index in [-0.39, 0.29) is 0 Å². The maximum Gasteiger partial charge on any atom is 0.212 e. The summed E-state index contributed by atoms with van der Waals surface area (Å²) in [5.74, 6) is 0. The van der Waals surface area contributed by atoms with Crippen LogP contribution in [0.3, 0.4) is 0 Å². The van der Waals surface area contributed by atoms with Crippen molar-refractivity contribution in [2.75, 3.05) is 0 Å². The maximum absolute atomic E-state index is 2.46. The summed E-state index contributed by atoms with van der Waals surface area (Å²) in [6.07, 6.45) is 6.43. The minimum Gasteiger partial charge on any atom is -0.201 e. The van der Waals surface area contributed by atoms with Gasteiger partial charge in [-0.2, -0.15) is 0 Å². The van der Waals surface area contributed by atoms with Gasteiger partial charge in [-0.3, -0.25) is 0 Å². The van der Waals surface area contributed by atoms with E-state index in [1.165, 1.54) is 66.8 Å². The summed E-state index contributed by atoms with van der Waals surface area (Å²) in [6.45, 7) is 6.81. The summed E-state index contributed by atoms with van der Waals surface area (Å²) in [7, 11) is 6.43. The Balaban J connectivity index is 0.956. The highest BCUT2D eigenvalue weighted by Gasteiger charge is 2.26. The summed E-state index contributed by atoms with van der Waals surface area (Å²) in [5, 5.41) is 0. The molecule has 0 spiro atoms. The molecule has 0 radical (unpaired) electrons. The minimum absolute atomic E-state index is 1.11. The molecule has 102 heavy (non-hydrogen) atoms. The van der Waals surface area contributed by atoms with Crippen LogP contribution in [0, 0.1) is 20.8 Å². The summed E-state index contributed by atoms with van der Waals surface area (Å²) in [4.78, 5) is 0. The number of rotatable bonds is 15. The summed E-state index contributed by atoms with van der Waals surface area (Å²) in [5.41, 5.74) is 38.3. The highest BCUT2D eigenvalue weighted by atomic mass is 14.9. The molecular formula is C99H78N3+3. The van der Waals surface area contributed by atoms with E-state index in [0.29, 0.717) is 0 Å². The Morgan fingerprint density at radius 2 is 0.373 bits per heavy atom. The van der Waals surface area contributed by atoms with Crippen molar-refractivity contribution in [3.63, 3.8) is 0 Å². The maximum atomic E-state index is 2.46. The van der Waals surface area contributed by atoms with Crippen LogP contribution >= 0.6 is 0 Å². The van der Waals surface area contributed by atoms with E-state index in [1.54, 1.807) is 0 Å². The van der Waals surface area contributed by atoms with Crippen LogP contribution in [0.2, 0.25) is 0 Å². The van der Waals surface area contributed by atoms with Crippen LogP contribution in [0.5, 0.6) is 0 Å². The summed E-state index contributed by atoms with van der Waals surface area (Å²) < 4.78 is 6.70. The van der Waals surface area contributed by atoms with Gasteiger partial charge in [0.05, 0.1) is 0 Å². The normalized spacial score (nSPS) is 11.2. The first-order valence-corrected chi connectivity index (χ1v) is 35.3. The second-order valence-electron chi connectivity index (χ2n) is 27.0. The average Bonchev–Trinajstić information content (AvgIpc) is 0.750. The molecule has 13 aromatic carbocycles. The lowest BCUT2D eigenvalue weighted by Crippen LogP contribution is -2.30. The van der Waals surface area contributed by atoms with Gasteiger partial charge in [-0.05, 0) is 262 Å². The molecule has 0 atom stereocenters. The lowest BCUT2D eigenvalue weighted by molar-refractivity contribution is -0.660. The van der Waals surface area contributed by atoms with Crippen molar-refractivity contribution in [1.29, 1.82) is 0 Å². The molecule has 16 aromatic rings. The number of aryl methyl sites for hydroxylation is 6. The van der Waals surface area contributed by atoms with Gasteiger partial charge in [0.15, 0.2) is 18.6 Å². The first-order chi connectivity index (χ1) is 50.1. The topological polar surface area (TPSA) is 11.6 Å². The SMILES string of the molecule is Cc1cc(-c2ccccc2-c2cc(-c3ccccc3-c3cc(C)c(-c4cccc[n+]4C)cc3-c3cccc(-c4ccccc4)c3)cc(-c3ccccc3-c3cc(C)c(-c4cccc[n+]4C)cc3-c3cccc(-c4ccccc4)c3)c2)c(-c2cccc(-c3ccccc3)c2)cc1-c1cccc[n+]1C.